The van der Waals surface area contributed by atoms with Crippen LogP contribution in [0, 0.1) is 0 Å². The molecular formula is C8H14N4. The SMILES string of the molecule is NCCC1CCCc2n[nH]nc21. The van der Waals surface area contributed by atoms with Crippen LogP contribution in [0.4, 0.5) is 0 Å². The Kier molecular flexibility index (Phi) is 2.08. The molecule has 0 spiro atoms. The standard InChI is InChI=1S/C8H14N4/c9-5-4-6-2-1-3-7-8(6)11-12-10-7/h6H,1-5,9H2,(H,10,11,12). The summed E-state index contributed by atoms with van der Waals surface area (Å²) in [4.78, 5) is 0. The van der Waals surface area contributed by atoms with Crippen molar-refractivity contribution in [2.45, 2.75) is 31.6 Å². The second-order valence-electron chi connectivity index (χ2n) is 3.32. The normalized spacial score (nSPS) is 22.2. The summed E-state index contributed by atoms with van der Waals surface area (Å²) in [6, 6.07) is 0. The van der Waals surface area contributed by atoms with Crippen LogP contribution in [0.3, 0.4) is 0 Å². The van der Waals surface area contributed by atoms with E-state index in [1.54, 1.807) is 0 Å². The first kappa shape index (κ1) is 7.73. The predicted octanol–water partition coefficient (Wildman–Crippen LogP) is 0.573. The average Bonchev–Trinajstić information content (AvgIpc) is 2.53. The van der Waals surface area contributed by atoms with Gasteiger partial charge in [-0.15, -0.1) is 0 Å². The Bertz CT molecular complexity index is 255. The monoisotopic (exact) mass is 166 g/mol. The van der Waals surface area contributed by atoms with Gasteiger partial charge in [0.25, 0.3) is 0 Å². The summed E-state index contributed by atoms with van der Waals surface area (Å²) >= 11 is 0. The first-order valence-electron chi connectivity index (χ1n) is 4.51. The van der Waals surface area contributed by atoms with Gasteiger partial charge < -0.3 is 5.73 Å². The van der Waals surface area contributed by atoms with Gasteiger partial charge in [-0.25, -0.2) is 0 Å². The number of nitrogens with zero attached hydrogens (tertiary/aromatic N) is 2. The number of nitrogens with two attached hydrogens (primary N) is 1. The van der Waals surface area contributed by atoms with Gasteiger partial charge in [-0.2, -0.15) is 15.4 Å². The minimum Gasteiger partial charge on any atom is -0.330 e. The molecule has 0 amide bonds. The number of aromatic nitrogens is 3. The molecule has 0 radical (unpaired) electrons. The maximum absolute atomic E-state index is 5.53. The summed E-state index contributed by atoms with van der Waals surface area (Å²) in [6.07, 6.45) is 4.56. The molecule has 0 aliphatic heterocycles. The van der Waals surface area contributed by atoms with E-state index in [0.29, 0.717) is 5.92 Å². The van der Waals surface area contributed by atoms with Gasteiger partial charge in [0.15, 0.2) is 0 Å². The van der Waals surface area contributed by atoms with Crippen molar-refractivity contribution in [3.63, 3.8) is 0 Å². The lowest BCUT2D eigenvalue weighted by Crippen LogP contribution is -2.13. The van der Waals surface area contributed by atoms with E-state index in [9.17, 15) is 0 Å². The van der Waals surface area contributed by atoms with Gasteiger partial charge in [0.1, 0.15) is 0 Å². The number of fused-ring (bicyclic) bond motifs is 1. The molecule has 1 aromatic heterocycles. The fourth-order valence-corrected chi connectivity index (χ4v) is 1.91. The van der Waals surface area contributed by atoms with Gasteiger partial charge in [0.05, 0.1) is 11.4 Å². The van der Waals surface area contributed by atoms with Crippen LogP contribution in [0.1, 0.15) is 36.6 Å². The van der Waals surface area contributed by atoms with Crippen LogP contribution >= 0.6 is 0 Å². The molecule has 0 aromatic carbocycles. The molecule has 1 aromatic rings. The second kappa shape index (κ2) is 3.23. The molecule has 4 heteroatoms. The number of hydrogen-bond acceptors (Lipinski definition) is 3. The molecule has 0 saturated carbocycles. The Morgan fingerprint density at radius 2 is 2.42 bits per heavy atom. The van der Waals surface area contributed by atoms with Crippen LogP contribution in [0.5, 0.6) is 0 Å². The van der Waals surface area contributed by atoms with Gasteiger partial charge in [0.2, 0.25) is 0 Å². The van der Waals surface area contributed by atoms with E-state index < -0.39 is 0 Å². The van der Waals surface area contributed by atoms with E-state index in [2.05, 4.69) is 15.4 Å². The molecule has 2 rings (SSSR count). The minimum absolute atomic E-state index is 0.553. The van der Waals surface area contributed by atoms with Crippen molar-refractivity contribution in [3.05, 3.63) is 11.4 Å². The van der Waals surface area contributed by atoms with Gasteiger partial charge in [-0.1, -0.05) is 0 Å². The van der Waals surface area contributed by atoms with E-state index in [-0.39, 0.29) is 0 Å². The van der Waals surface area contributed by atoms with Gasteiger partial charge in [-0.05, 0) is 32.2 Å². The Hall–Kier alpha value is -0.900. The molecule has 0 saturated heterocycles. The highest BCUT2D eigenvalue weighted by molar-refractivity contribution is 5.17. The van der Waals surface area contributed by atoms with Gasteiger partial charge >= 0.3 is 0 Å². The number of aryl methyl sites for hydroxylation is 1. The average molecular weight is 166 g/mol. The van der Waals surface area contributed by atoms with E-state index >= 15 is 0 Å². The van der Waals surface area contributed by atoms with Crippen molar-refractivity contribution in [1.82, 2.24) is 15.4 Å². The number of H-pyrrole nitrogens is 1. The fourth-order valence-electron chi connectivity index (χ4n) is 1.91. The molecule has 1 unspecified atom stereocenters. The third-order valence-corrected chi connectivity index (χ3v) is 2.52. The van der Waals surface area contributed by atoms with Crippen LogP contribution < -0.4 is 5.73 Å². The van der Waals surface area contributed by atoms with Crippen LogP contribution in [0.15, 0.2) is 0 Å². The Morgan fingerprint density at radius 1 is 1.50 bits per heavy atom. The van der Waals surface area contributed by atoms with Gasteiger partial charge in [-0.3, -0.25) is 0 Å². The second-order valence-corrected chi connectivity index (χ2v) is 3.32. The summed E-state index contributed by atoms with van der Waals surface area (Å²) in [5.74, 6) is 0.553. The lowest BCUT2D eigenvalue weighted by molar-refractivity contribution is 0.512. The molecule has 0 fully saturated rings. The van der Waals surface area contributed by atoms with E-state index in [4.69, 9.17) is 5.73 Å². The fraction of sp³-hybridized carbons (Fsp3) is 0.750. The predicted molar refractivity (Wildman–Crippen MR) is 45.7 cm³/mol. The molecular weight excluding hydrogens is 152 g/mol. The summed E-state index contributed by atoms with van der Waals surface area (Å²) in [7, 11) is 0. The summed E-state index contributed by atoms with van der Waals surface area (Å²) in [6.45, 7) is 0.747. The van der Waals surface area contributed by atoms with Crippen molar-refractivity contribution in [3.8, 4) is 0 Å². The lowest BCUT2D eigenvalue weighted by Gasteiger charge is -2.18. The summed E-state index contributed by atoms with van der Waals surface area (Å²) in [5, 5.41) is 11.0. The quantitative estimate of drug-likeness (QED) is 0.675. The largest absolute Gasteiger partial charge is 0.330 e. The molecule has 1 aliphatic carbocycles. The summed E-state index contributed by atoms with van der Waals surface area (Å²) < 4.78 is 0. The van der Waals surface area contributed by atoms with Crippen molar-refractivity contribution >= 4 is 0 Å². The highest BCUT2D eigenvalue weighted by Crippen LogP contribution is 2.30. The molecule has 0 bridgehead atoms. The van der Waals surface area contributed by atoms with Crippen molar-refractivity contribution in [1.29, 1.82) is 0 Å². The topological polar surface area (TPSA) is 67.6 Å². The van der Waals surface area contributed by atoms with Crippen LogP contribution in [0.25, 0.3) is 0 Å². The summed E-state index contributed by atoms with van der Waals surface area (Å²) in [5.41, 5.74) is 7.84. The molecule has 1 heterocycles. The number of hydrogen-bond donors (Lipinski definition) is 2. The van der Waals surface area contributed by atoms with E-state index in [1.165, 1.54) is 12.8 Å². The van der Waals surface area contributed by atoms with Crippen molar-refractivity contribution < 1.29 is 0 Å². The molecule has 1 atom stereocenters. The Labute approximate surface area is 71.5 Å². The molecule has 66 valence electrons. The molecule has 3 N–H and O–H groups in total. The number of rotatable bonds is 2. The molecule has 1 aliphatic rings. The van der Waals surface area contributed by atoms with Crippen LogP contribution in [-0.4, -0.2) is 22.0 Å². The zero-order valence-electron chi connectivity index (χ0n) is 7.08. The first-order chi connectivity index (χ1) is 5.92. The zero-order valence-corrected chi connectivity index (χ0v) is 7.08. The van der Waals surface area contributed by atoms with Crippen molar-refractivity contribution in [2.75, 3.05) is 6.54 Å². The highest BCUT2D eigenvalue weighted by Gasteiger charge is 2.22. The number of aromatic amines is 1. The van der Waals surface area contributed by atoms with Crippen LogP contribution in [-0.2, 0) is 6.42 Å². The molecule has 12 heavy (non-hydrogen) atoms. The third kappa shape index (κ3) is 1.22. The maximum Gasteiger partial charge on any atom is 0.0888 e. The smallest absolute Gasteiger partial charge is 0.0888 e. The van der Waals surface area contributed by atoms with Crippen LogP contribution in [0.2, 0.25) is 0 Å². The van der Waals surface area contributed by atoms with Crippen molar-refractivity contribution in [2.24, 2.45) is 5.73 Å². The maximum atomic E-state index is 5.53. The Morgan fingerprint density at radius 3 is 3.25 bits per heavy atom. The Balaban J connectivity index is 2.19. The van der Waals surface area contributed by atoms with Gasteiger partial charge in [0, 0.05) is 5.92 Å². The molecule has 4 nitrogen and oxygen atoms in total. The lowest BCUT2D eigenvalue weighted by atomic mass is 9.88. The third-order valence-electron chi connectivity index (χ3n) is 2.52. The van der Waals surface area contributed by atoms with E-state index in [0.717, 1.165) is 30.8 Å². The minimum atomic E-state index is 0.553. The zero-order chi connectivity index (χ0) is 8.39. The first-order valence-corrected chi connectivity index (χ1v) is 4.51. The highest BCUT2D eigenvalue weighted by atomic mass is 15.3. The van der Waals surface area contributed by atoms with E-state index in [1.807, 2.05) is 0 Å². The number of nitrogens with one attached hydrogen (secondary N) is 1.